The summed E-state index contributed by atoms with van der Waals surface area (Å²) >= 11 is 0. The summed E-state index contributed by atoms with van der Waals surface area (Å²) in [5.74, 6) is 0. The van der Waals surface area contributed by atoms with Gasteiger partial charge in [-0.15, -0.1) is 0 Å². The molecule has 0 radical (unpaired) electrons. The molecule has 2 rings (SSSR count). The predicted octanol–water partition coefficient (Wildman–Crippen LogP) is 2.97. The van der Waals surface area contributed by atoms with E-state index in [2.05, 4.69) is 28.2 Å². The third-order valence-electron chi connectivity index (χ3n) is 2.24. The van der Waals surface area contributed by atoms with Crippen LogP contribution in [0.15, 0.2) is 77.8 Å². The highest BCUT2D eigenvalue weighted by Gasteiger charge is 2.01. The summed E-state index contributed by atoms with van der Waals surface area (Å²) in [6, 6.07) is 0. The molecule has 0 aromatic carbocycles. The molecule has 0 unspecified atom stereocenters. The zero-order valence-electron chi connectivity index (χ0n) is 9.03. The van der Waals surface area contributed by atoms with Crippen LogP contribution in [0.5, 0.6) is 0 Å². The van der Waals surface area contributed by atoms with Gasteiger partial charge in [-0.3, -0.25) is 4.99 Å². The van der Waals surface area contributed by atoms with Gasteiger partial charge in [0, 0.05) is 19.0 Å². The van der Waals surface area contributed by atoms with Crippen LogP contribution >= 0.6 is 0 Å². The van der Waals surface area contributed by atoms with Crippen LogP contribution in [0.1, 0.15) is 0 Å². The molecule has 2 heterocycles. The van der Waals surface area contributed by atoms with E-state index in [9.17, 15) is 0 Å². The fourth-order valence-electron chi connectivity index (χ4n) is 1.44. The molecule has 0 spiro atoms. The molecule has 0 amide bonds. The molecular formula is C14H14N2. The lowest BCUT2D eigenvalue weighted by Crippen LogP contribution is -2.15. The monoisotopic (exact) mass is 210 g/mol. The number of aliphatic imine (C=N–C) groups is 1. The standard InChI is InChI=1S/C14H14N2/c1-2-7-11-16(12-8-3-1)14-9-5-4-6-10-15-13-14/h1-11,13H,12H2. The van der Waals surface area contributed by atoms with Gasteiger partial charge in [-0.25, -0.2) is 0 Å². The molecule has 0 saturated carbocycles. The SMILES string of the molecule is C1=CC=CN(C2=CN=CC=CC=C2)CC=C1. The van der Waals surface area contributed by atoms with E-state index in [1.54, 1.807) is 6.21 Å². The largest absolute Gasteiger partial charge is 0.343 e. The van der Waals surface area contributed by atoms with Crippen molar-refractivity contribution in [3.8, 4) is 0 Å². The van der Waals surface area contributed by atoms with Gasteiger partial charge in [0.15, 0.2) is 0 Å². The van der Waals surface area contributed by atoms with E-state index in [0.717, 1.165) is 12.2 Å². The van der Waals surface area contributed by atoms with Crippen LogP contribution in [-0.4, -0.2) is 17.7 Å². The zero-order chi connectivity index (χ0) is 11.1. The molecule has 0 aromatic rings. The van der Waals surface area contributed by atoms with Crippen molar-refractivity contribution in [1.29, 1.82) is 0 Å². The van der Waals surface area contributed by atoms with Crippen LogP contribution in [0.25, 0.3) is 0 Å². The molecule has 0 aliphatic carbocycles. The summed E-state index contributed by atoms with van der Waals surface area (Å²) in [5.41, 5.74) is 1.08. The highest BCUT2D eigenvalue weighted by atomic mass is 15.1. The van der Waals surface area contributed by atoms with E-state index >= 15 is 0 Å². The van der Waals surface area contributed by atoms with Crippen LogP contribution < -0.4 is 0 Å². The molecule has 0 fully saturated rings. The second-order valence-electron chi connectivity index (χ2n) is 3.40. The summed E-state index contributed by atoms with van der Waals surface area (Å²) in [6.07, 6.45) is 23.9. The number of hydrogen-bond acceptors (Lipinski definition) is 2. The Balaban J connectivity index is 2.19. The Morgan fingerprint density at radius 2 is 1.81 bits per heavy atom. The van der Waals surface area contributed by atoms with Crippen molar-refractivity contribution in [2.45, 2.75) is 0 Å². The first-order valence-electron chi connectivity index (χ1n) is 5.30. The topological polar surface area (TPSA) is 15.6 Å². The third kappa shape index (κ3) is 2.95. The van der Waals surface area contributed by atoms with Gasteiger partial charge in [0.25, 0.3) is 0 Å². The van der Waals surface area contributed by atoms with Crippen molar-refractivity contribution < 1.29 is 0 Å². The lowest BCUT2D eigenvalue weighted by molar-refractivity contribution is 0.531. The van der Waals surface area contributed by atoms with Crippen molar-refractivity contribution in [3.63, 3.8) is 0 Å². The second-order valence-corrected chi connectivity index (χ2v) is 3.40. The third-order valence-corrected chi connectivity index (χ3v) is 2.24. The average Bonchev–Trinajstić information content (AvgIpc) is 2.18. The molecule has 0 aromatic heterocycles. The maximum absolute atomic E-state index is 4.20. The first-order valence-corrected chi connectivity index (χ1v) is 5.30. The molecule has 0 bridgehead atoms. The van der Waals surface area contributed by atoms with Crippen LogP contribution in [-0.2, 0) is 0 Å². The number of hydrogen-bond donors (Lipinski definition) is 0. The Kier molecular flexibility index (Phi) is 3.72. The second kappa shape index (κ2) is 5.71. The molecule has 2 aliphatic rings. The van der Waals surface area contributed by atoms with Crippen molar-refractivity contribution >= 4 is 6.21 Å². The summed E-state index contributed by atoms with van der Waals surface area (Å²) < 4.78 is 0. The fourth-order valence-corrected chi connectivity index (χ4v) is 1.44. The molecule has 2 heteroatoms. The van der Waals surface area contributed by atoms with Crippen LogP contribution in [0.2, 0.25) is 0 Å². The van der Waals surface area contributed by atoms with Crippen molar-refractivity contribution in [2.24, 2.45) is 4.99 Å². The molecule has 2 nitrogen and oxygen atoms in total. The lowest BCUT2D eigenvalue weighted by atomic mass is 10.3. The van der Waals surface area contributed by atoms with Gasteiger partial charge in [0.1, 0.15) is 0 Å². The van der Waals surface area contributed by atoms with Gasteiger partial charge >= 0.3 is 0 Å². The summed E-state index contributed by atoms with van der Waals surface area (Å²) in [6.45, 7) is 0.857. The summed E-state index contributed by atoms with van der Waals surface area (Å²) in [5, 5.41) is 0. The molecule has 80 valence electrons. The van der Waals surface area contributed by atoms with Gasteiger partial charge in [-0.05, 0) is 18.2 Å². The first-order chi connectivity index (χ1) is 7.97. The average molecular weight is 210 g/mol. The minimum absolute atomic E-state index is 0.857. The normalized spacial score (nSPS) is 19.0. The van der Waals surface area contributed by atoms with Gasteiger partial charge in [-0.1, -0.05) is 36.5 Å². The Bertz CT molecular complexity index is 432. The maximum atomic E-state index is 4.20. The van der Waals surface area contributed by atoms with E-state index in [1.807, 2.05) is 48.7 Å². The number of nitrogens with zero attached hydrogens (tertiary/aromatic N) is 2. The van der Waals surface area contributed by atoms with Crippen LogP contribution in [0.3, 0.4) is 0 Å². The molecule has 0 N–H and O–H groups in total. The van der Waals surface area contributed by atoms with Gasteiger partial charge < -0.3 is 4.90 Å². The van der Waals surface area contributed by atoms with E-state index < -0.39 is 0 Å². The highest BCUT2D eigenvalue weighted by Crippen LogP contribution is 2.10. The minimum atomic E-state index is 0.857. The minimum Gasteiger partial charge on any atom is -0.343 e. The van der Waals surface area contributed by atoms with Crippen LogP contribution in [0, 0.1) is 0 Å². The molecule has 0 atom stereocenters. The smallest absolute Gasteiger partial charge is 0.0594 e. The van der Waals surface area contributed by atoms with Crippen LogP contribution in [0.4, 0.5) is 0 Å². The Hall–Kier alpha value is -2.09. The van der Waals surface area contributed by atoms with Crippen molar-refractivity contribution in [2.75, 3.05) is 6.54 Å². The predicted molar refractivity (Wildman–Crippen MR) is 69.0 cm³/mol. The Morgan fingerprint density at radius 1 is 0.938 bits per heavy atom. The van der Waals surface area contributed by atoms with Crippen molar-refractivity contribution in [1.82, 2.24) is 4.90 Å². The quantitative estimate of drug-likeness (QED) is 0.649. The lowest BCUT2D eigenvalue weighted by Gasteiger charge is -2.19. The first kappa shape index (κ1) is 10.4. The van der Waals surface area contributed by atoms with E-state index in [4.69, 9.17) is 0 Å². The highest BCUT2D eigenvalue weighted by molar-refractivity contribution is 5.72. The molecule has 0 saturated heterocycles. The summed E-state index contributed by atoms with van der Waals surface area (Å²) in [7, 11) is 0. The summed E-state index contributed by atoms with van der Waals surface area (Å²) in [4.78, 5) is 6.34. The Morgan fingerprint density at radius 3 is 2.81 bits per heavy atom. The number of allylic oxidation sites excluding steroid dienone is 8. The van der Waals surface area contributed by atoms with Crippen molar-refractivity contribution in [3.05, 3.63) is 72.8 Å². The maximum Gasteiger partial charge on any atom is 0.0594 e. The van der Waals surface area contributed by atoms with Gasteiger partial charge in [0.05, 0.1) is 11.9 Å². The Labute approximate surface area is 96.0 Å². The van der Waals surface area contributed by atoms with E-state index in [0.29, 0.717) is 0 Å². The molecule has 2 aliphatic heterocycles. The molecule has 16 heavy (non-hydrogen) atoms. The van der Waals surface area contributed by atoms with Gasteiger partial charge in [-0.2, -0.15) is 0 Å². The van der Waals surface area contributed by atoms with Gasteiger partial charge in [0.2, 0.25) is 0 Å². The number of rotatable bonds is 1. The van der Waals surface area contributed by atoms with E-state index in [1.165, 1.54) is 0 Å². The fraction of sp³-hybridized carbons (Fsp3) is 0.0714. The van der Waals surface area contributed by atoms with E-state index in [-0.39, 0.29) is 0 Å². The zero-order valence-corrected chi connectivity index (χ0v) is 9.03. The molecular weight excluding hydrogens is 196 g/mol.